The molecule has 0 spiro atoms. The summed E-state index contributed by atoms with van der Waals surface area (Å²) in [6.45, 7) is 1.36. The van der Waals surface area contributed by atoms with Crippen LogP contribution >= 0.6 is 0 Å². The Labute approximate surface area is 83.6 Å². The van der Waals surface area contributed by atoms with Crippen molar-refractivity contribution in [1.29, 1.82) is 0 Å². The van der Waals surface area contributed by atoms with Crippen LogP contribution in [0.5, 0.6) is 0 Å². The second kappa shape index (κ2) is 4.98. The van der Waals surface area contributed by atoms with Crippen LogP contribution in [0, 0.1) is 5.92 Å². The van der Waals surface area contributed by atoms with Crippen LogP contribution in [0.25, 0.3) is 0 Å². The van der Waals surface area contributed by atoms with E-state index in [1.807, 2.05) is 0 Å². The Hall–Kier alpha value is -1.06. The number of methoxy groups -OCH3 is 1. The Balaban J connectivity index is 2.58. The largest absolute Gasteiger partial charge is 0.469 e. The molecule has 0 aliphatic heterocycles. The fourth-order valence-electron chi connectivity index (χ4n) is 1.87. The zero-order chi connectivity index (χ0) is 10.6. The highest BCUT2D eigenvalue weighted by Crippen LogP contribution is 2.27. The molecule has 0 aromatic heterocycles. The van der Waals surface area contributed by atoms with Crippen LogP contribution in [0.3, 0.4) is 0 Å². The summed E-state index contributed by atoms with van der Waals surface area (Å²) in [5, 5.41) is 0. The van der Waals surface area contributed by atoms with Gasteiger partial charge >= 0.3 is 11.9 Å². The third-order valence-electron chi connectivity index (χ3n) is 2.52. The highest BCUT2D eigenvalue weighted by atomic mass is 16.6. The summed E-state index contributed by atoms with van der Waals surface area (Å²) < 4.78 is 9.76. The van der Waals surface area contributed by atoms with Gasteiger partial charge in [0.1, 0.15) is 6.10 Å². The molecular formula is C10H16O4. The predicted molar refractivity (Wildman–Crippen MR) is 49.5 cm³/mol. The lowest BCUT2D eigenvalue weighted by atomic mass is 9.86. The Bertz CT molecular complexity index is 224. The first-order valence-electron chi connectivity index (χ1n) is 4.90. The average molecular weight is 200 g/mol. The second-order valence-electron chi connectivity index (χ2n) is 3.56. The number of hydrogen-bond donors (Lipinski definition) is 0. The quantitative estimate of drug-likeness (QED) is 0.630. The van der Waals surface area contributed by atoms with Crippen molar-refractivity contribution in [3.05, 3.63) is 0 Å². The van der Waals surface area contributed by atoms with E-state index < -0.39 is 0 Å². The maximum Gasteiger partial charge on any atom is 0.312 e. The van der Waals surface area contributed by atoms with E-state index in [0.29, 0.717) is 0 Å². The molecule has 1 aliphatic rings. The molecule has 0 bridgehead atoms. The summed E-state index contributed by atoms with van der Waals surface area (Å²) >= 11 is 0. The molecule has 2 atom stereocenters. The van der Waals surface area contributed by atoms with Gasteiger partial charge in [-0.3, -0.25) is 9.59 Å². The van der Waals surface area contributed by atoms with Gasteiger partial charge < -0.3 is 9.47 Å². The van der Waals surface area contributed by atoms with Crippen molar-refractivity contribution >= 4 is 11.9 Å². The van der Waals surface area contributed by atoms with Gasteiger partial charge in [-0.2, -0.15) is 0 Å². The van der Waals surface area contributed by atoms with E-state index in [9.17, 15) is 9.59 Å². The molecule has 4 nitrogen and oxygen atoms in total. The van der Waals surface area contributed by atoms with Gasteiger partial charge in [-0.05, 0) is 19.3 Å². The smallest absolute Gasteiger partial charge is 0.312 e. The molecule has 2 unspecified atom stereocenters. The number of rotatable bonds is 2. The molecule has 4 heteroatoms. The van der Waals surface area contributed by atoms with Crippen molar-refractivity contribution in [2.24, 2.45) is 5.92 Å². The van der Waals surface area contributed by atoms with E-state index in [0.717, 1.165) is 25.7 Å². The first-order valence-corrected chi connectivity index (χ1v) is 4.90. The highest BCUT2D eigenvalue weighted by Gasteiger charge is 2.33. The molecule has 14 heavy (non-hydrogen) atoms. The lowest BCUT2D eigenvalue weighted by Crippen LogP contribution is -2.35. The summed E-state index contributed by atoms with van der Waals surface area (Å²) in [6, 6.07) is 0. The zero-order valence-electron chi connectivity index (χ0n) is 8.62. The van der Waals surface area contributed by atoms with Crippen LogP contribution in [-0.2, 0) is 19.1 Å². The van der Waals surface area contributed by atoms with Crippen LogP contribution in [-0.4, -0.2) is 25.2 Å². The predicted octanol–water partition coefficient (Wildman–Crippen LogP) is 1.28. The standard InChI is InChI=1S/C10H16O4/c1-7(11)14-9-6-4-3-5-8(9)10(12)13-2/h8-9H,3-6H2,1-2H3. The van der Waals surface area contributed by atoms with Gasteiger partial charge in [-0.1, -0.05) is 6.42 Å². The van der Waals surface area contributed by atoms with E-state index >= 15 is 0 Å². The van der Waals surface area contributed by atoms with E-state index in [-0.39, 0.29) is 24.0 Å². The molecule has 1 rings (SSSR count). The van der Waals surface area contributed by atoms with Crippen LogP contribution in [0.4, 0.5) is 0 Å². The van der Waals surface area contributed by atoms with Crippen molar-refractivity contribution in [2.75, 3.05) is 7.11 Å². The Morgan fingerprint density at radius 1 is 1.21 bits per heavy atom. The minimum Gasteiger partial charge on any atom is -0.469 e. The molecular weight excluding hydrogens is 184 g/mol. The number of carbonyl (C=O) groups is 2. The van der Waals surface area contributed by atoms with Gasteiger partial charge in [0, 0.05) is 6.92 Å². The van der Waals surface area contributed by atoms with Gasteiger partial charge in [0.25, 0.3) is 0 Å². The Kier molecular flexibility index (Phi) is 3.92. The van der Waals surface area contributed by atoms with Crippen molar-refractivity contribution in [3.63, 3.8) is 0 Å². The normalized spacial score (nSPS) is 26.7. The van der Waals surface area contributed by atoms with Gasteiger partial charge in [-0.15, -0.1) is 0 Å². The van der Waals surface area contributed by atoms with Crippen LogP contribution in [0.2, 0.25) is 0 Å². The highest BCUT2D eigenvalue weighted by molar-refractivity contribution is 5.74. The van der Waals surface area contributed by atoms with E-state index in [4.69, 9.17) is 4.74 Å². The molecule has 80 valence electrons. The monoisotopic (exact) mass is 200 g/mol. The Morgan fingerprint density at radius 3 is 2.43 bits per heavy atom. The molecule has 1 saturated carbocycles. The lowest BCUT2D eigenvalue weighted by molar-refractivity contribution is -0.161. The topological polar surface area (TPSA) is 52.6 Å². The summed E-state index contributed by atoms with van der Waals surface area (Å²) in [7, 11) is 1.36. The SMILES string of the molecule is COC(=O)C1CCCCC1OC(C)=O. The van der Waals surface area contributed by atoms with Crippen molar-refractivity contribution in [3.8, 4) is 0 Å². The van der Waals surface area contributed by atoms with Crippen molar-refractivity contribution < 1.29 is 19.1 Å². The number of hydrogen-bond acceptors (Lipinski definition) is 4. The number of carbonyl (C=O) groups excluding carboxylic acids is 2. The van der Waals surface area contributed by atoms with Crippen molar-refractivity contribution in [1.82, 2.24) is 0 Å². The molecule has 0 amide bonds. The Morgan fingerprint density at radius 2 is 1.86 bits per heavy atom. The summed E-state index contributed by atoms with van der Waals surface area (Å²) in [4.78, 5) is 22.1. The maximum atomic E-state index is 11.3. The van der Waals surface area contributed by atoms with Crippen LogP contribution in [0.15, 0.2) is 0 Å². The first kappa shape index (κ1) is 11.0. The van der Waals surface area contributed by atoms with E-state index in [1.54, 1.807) is 0 Å². The summed E-state index contributed by atoms with van der Waals surface area (Å²) in [6.07, 6.45) is 3.24. The minimum atomic E-state index is -0.328. The third kappa shape index (κ3) is 2.72. The molecule has 0 radical (unpaired) electrons. The maximum absolute atomic E-state index is 11.3. The van der Waals surface area contributed by atoms with Gasteiger partial charge in [0.15, 0.2) is 0 Å². The van der Waals surface area contributed by atoms with E-state index in [1.165, 1.54) is 14.0 Å². The third-order valence-corrected chi connectivity index (χ3v) is 2.52. The zero-order valence-corrected chi connectivity index (χ0v) is 8.62. The molecule has 1 fully saturated rings. The molecule has 0 aromatic rings. The number of ether oxygens (including phenoxy) is 2. The molecule has 0 N–H and O–H groups in total. The van der Waals surface area contributed by atoms with Gasteiger partial charge in [0.05, 0.1) is 13.0 Å². The minimum absolute atomic E-state index is 0.266. The van der Waals surface area contributed by atoms with Crippen LogP contribution in [0.1, 0.15) is 32.6 Å². The molecule has 1 aliphatic carbocycles. The lowest BCUT2D eigenvalue weighted by Gasteiger charge is -2.28. The second-order valence-corrected chi connectivity index (χ2v) is 3.56. The van der Waals surface area contributed by atoms with Gasteiger partial charge in [0.2, 0.25) is 0 Å². The van der Waals surface area contributed by atoms with Crippen molar-refractivity contribution in [2.45, 2.75) is 38.7 Å². The summed E-state index contributed by atoms with van der Waals surface area (Å²) in [5.74, 6) is -0.862. The van der Waals surface area contributed by atoms with Gasteiger partial charge in [-0.25, -0.2) is 0 Å². The van der Waals surface area contributed by atoms with Crippen LogP contribution < -0.4 is 0 Å². The molecule has 0 heterocycles. The fourth-order valence-corrected chi connectivity index (χ4v) is 1.87. The number of esters is 2. The average Bonchev–Trinajstić information content (AvgIpc) is 2.16. The molecule has 0 saturated heterocycles. The summed E-state index contributed by atoms with van der Waals surface area (Å²) in [5.41, 5.74) is 0. The molecule has 0 aromatic carbocycles. The fraction of sp³-hybridized carbons (Fsp3) is 0.800. The van der Waals surface area contributed by atoms with E-state index in [2.05, 4.69) is 4.74 Å². The first-order chi connectivity index (χ1) is 6.65.